The smallest absolute Gasteiger partial charge is 0.334 e. The van der Waals surface area contributed by atoms with Gasteiger partial charge >= 0.3 is 17.8 Å². The van der Waals surface area contributed by atoms with Crippen LogP contribution in [-0.2, 0) is 35.6 Å². The normalized spacial score (nSPS) is 16.9. The molecule has 0 spiro atoms. The van der Waals surface area contributed by atoms with E-state index in [1.165, 1.54) is 30.2 Å². The Hall–Kier alpha value is -2.83. The lowest BCUT2D eigenvalue weighted by molar-refractivity contribution is -0.144. The minimum absolute atomic E-state index is 0.0650. The van der Waals surface area contributed by atoms with Gasteiger partial charge in [-0.1, -0.05) is 0 Å². The van der Waals surface area contributed by atoms with Gasteiger partial charge in [-0.3, -0.25) is 19.3 Å². The predicted octanol–water partition coefficient (Wildman–Crippen LogP) is -1.34. The second-order valence-corrected chi connectivity index (χ2v) is 7.82. The molecule has 0 aliphatic carbocycles. The van der Waals surface area contributed by atoms with Crippen molar-refractivity contribution in [3.05, 3.63) is 23.8 Å². The van der Waals surface area contributed by atoms with E-state index in [2.05, 4.69) is 0 Å². The van der Waals surface area contributed by atoms with Gasteiger partial charge in [0.05, 0.1) is 18.0 Å². The summed E-state index contributed by atoms with van der Waals surface area (Å²) >= 11 is 0. The highest BCUT2D eigenvalue weighted by Crippen LogP contribution is 2.30. The molecule has 2 aliphatic rings. The van der Waals surface area contributed by atoms with Crippen LogP contribution >= 0.6 is 0 Å². The van der Waals surface area contributed by atoms with Gasteiger partial charge in [0.25, 0.3) is 0 Å². The monoisotopic (exact) mass is 410 g/mol. The van der Waals surface area contributed by atoms with Crippen molar-refractivity contribution in [1.29, 1.82) is 0 Å². The first-order chi connectivity index (χ1) is 13.1. The van der Waals surface area contributed by atoms with E-state index >= 15 is 0 Å². The Morgan fingerprint density at radius 1 is 1.18 bits per heavy atom. The van der Waals surface area contributed by atoms with Gasteiger partial charge < -0.3 is 9.64 Å². The topological polar surface area (TPSA) is 147 Å². The third-order valence-corrected chi connectivity index (χ3v) is 5.43. The van der Waals surface area contributed by atoms with Gasteiger partial charge in [-0.25, -0.2) is 23.3 Å². The van der Waals surface area contributed by atoms with E-state index in [1.54, 1.807) is 0 Å². The molecule has 0 aromatic heterocycles. The maximum Gasteiger partial charge on any atom is 0.334 e. The number of ether oxygens (including phenoxy) is 1. The number of fused-ring (bicyclic) bond motifs is 1. The minimum atomic E-state index is -3.87. The third kappa shape index (κ3) is 3.48. The van der Waals surface area contributed by atoms with Crippen molar-refractivity contribution in [3.63, 3.8) is 0 Å². The van der Waals surface area contributed by atoms with Gasteiger partial charge in [0.2, 0.25) is 15.9 Å². The summed E-state index contributed by atoms with van der Waals surface area (Å²) in [5.74, 6) is -2.64. The van der Waals surface area contributed by atoms with Crippen molar-refractivity contribution < 1.29 is 32.3 Å². The zero-order valence-corrected chi connectivity index (χ0v) is 15.8. The van der Waals surface area contributed by atoms with Gasteiger partial charge in [-0.05, 0) is 30.2 Å². The number of nitrogens with zero attached hydrogens (tertiary/aromatic N) is 3. The molecule has 11 nitrogen and oxygen atoms in total. The molecule has 1 saturated heterocycles. The molecule has 28 heavy (non-hydrogen) atoms. The molecule has 3 rings (SSSR count). The second kappa shape index (κ2) is 7.30. The summed E-state index contributed by atoms with van der Waals surface area (Å²) in [6.45, 7) is -0.366. The van der Waals surface area contributed by atoms with Gasteiger partial charge in [-0.2, -0.15) is 0 Å². The van der Waals surface area contributed by atoms with Crippen LogP contribution in [-0.4, -0.2) is 75.3 Å². The fourth-order valence-electron chi connectivity index (χ4n) is 3.10. The maximum absolute atomic E-state index is 12.6. The van der Waals surface area contributed by atoms with E-state index in [0.29, 0.717) is 22.6 Å². The fraction of sp³-hybridized carbons (Fsp3) is 0.375. The molecular weight excluding hydrogens is 392 g/mol. The lowest BCUT2D eigenvalue weighted by Gasteiger charge is -2.21. The molecule has 0 atom stereocenters. The molecule has 1 fully saturated rings. The molecule has 150 valence electrons. The van der Waals surface area contributed by atoms with Gasteiger partial charge in [0, 0.05) is 19.3 Å². The molecule has 0 bridgehead atoms. The maximum atomic E-state index is 12.6. The van der Waals surface area contributed by atoms with Gasteiger partial charge in [0.1, 0.15) is 6.54 Å². The molecule has 2 aliphatic heterocycles. The van der Waals surface area contributed by atoms with Crippen molar-refractivity contribution in [3.8, 4) is 0 Å². The van der Waals surface area contributed by atoms with Crippen LogP contribution in [0.25, 0.3) is 0 Å². The molecule has 5 amide bonds. The third-order valence-electron chi connectivity index (χ3n) is 4.52. The van der Waals surface area contributed by atoms with Crippen LogP contribution in [0.4, 0.5) is 10.5 Å². The predicted molar refractivity (Wildman–Crippen MR) is 94.6 cm³/mol. The van der Waals surface area contributed by atoms with Crippen molar-refractivity contribution in [2.24, 2.45) is 5.14 Å². The zero-order chi connectivity index (χ0) is 20.6. The number of sulfonamides is 1. The summed E-state index contributed by atoms with van der Waals surface area (Å²) in [6, 6.07) is 3.25. The minimum Gasteiger partial charge on any atom is -0.383 e. The van der Waals surface area contributed by atoms with E-state index < -0.39 is 40.3 Å². The van der Waals surface area contributed by atoms with Crippen LogP contribution in [0.2, 0.25) is 0 Å². The number of anilines is 1. The van der Waals surface area contributed by atoms with Crippen molar-refractivity contribution in [2.45, 2.75) is 11.3 Å². The number of amides is 5. The number of benzene rings is 1. The van der Waals surface area contributed by atoms with Gasteiger partial charge in [0.15, 0.2) is 0 Å². The molecule has 1 aromatic carbocycles. The first-order valence-corrected chi connectivity index (χ1v) is 9.82. The van der Waals surface area contributed by atoms with Crippen LogP contribution in [0.15, 0.2) is 23.1 Å². The van der Waals surface area contributed by atoms with E-state index in [-0.39, 0.29) is 24.6 Å². The Morgan fingerprint density at radius 2 is 1.86 bits per heavy atom. The Labute approximate surface area is 160 Å². The van der Waals surface area contributed by atoms with Crippen LogP contribution in [0.5, 0.6) is 0 Å². The lowest BCUT2D eigenvalue weighted by atomic mass is 10.2. The summed E-state index contributed by atoms with van der Waals surface area (Å²) in [6.07, 6.45) is 0.394. The molecule has 12 heteroatoms. The average molecular weight is 410 g/mol. The van der Waals surface area contributed by atoms with Crippen molar-refractivity contribution in [2.75, 3.05) is 38.3 Å². The largest absolute Gasteiger partial charge is 0.383 e. The first-order valence-electron chi connectivity index (χ1n) is 8.27. The summed E-state index contributed by atoms with van der Waals surface area (Å²) in [5, 5.41) is 5.11. The number of carbonyl (C=O) groups is 4. The molecule has 1 aromatic rings. The molecule has 0 radical (unpaired) electrons. The van der Waals surface area contributed by atoms with Crippen molar-refractivity contribution >= 4 is 39.5 Å². The van der Waals surface area contributed by atoms with Crippen LogP contribution in [0.3, 0.4) is 0 Å². The fourth-order valence-corrected chi connectivity index (χ4v) is 3.67. The number of nitrogens with two attached hydrogens (primary N) is 1. The first kappa shape index (κ1) is 19.9. The molecule has 0 saturated carbocycles. The molecule has 0 unspecified atom stereocenters. The number of hydrogen-bond donors (Lipinski definition) is 1. The summed E-state index contributed by atoms with van der Waals surface area (Å²) in [4.78, 5) is 51.5. The van der Waals surface area contributed by atoms with Crippen LogP contribution in [0, 0.1) is 0 Å². The standard InChI is InChI=1S/C16H18N4O7S/c1-27-7-6-19-14(22)15(23)20(16(19)24)9-13(21)18-5-4-10-8-11(28(17,25)26)2-3-12(10)18/h2-3,8H,4-7,9H2,1H3,(H2,17,25,26). The highest BCUT2D eigenvalue weighted by Gasteiger charge is 2.45. The Bertz CT molecular complexity index is 975. The highest BCUT2D eigenvalue weighted by atomic mass is 32.2. The quantitative estimate of drug-likeness (QED) is 0.451. The van der Waals surface area contributed by atoms with E-state index in [4.69, 9.17) is 9.88 Å². The summed E-state index contributed by atoms with van der Waals surface area (Å²) in [7, 11) is -2.48. The van der Waals surface area contributed by atoms with Gasteiger partial charge in [-0.15, -0.1) is 0 Å². The Kier molecular flexibility index (Phi) is 5.19. The molecule has 2 heterocycles. The second-order valence-electron chi connectivity index (χ2n) is 6.25. The Morgan fingerprint density at radius 3 is 2.50 bits per heavy atom. The average Bonchev–Trinajstić information content (AvgIpc) is 3.15. The van der Waals surface area contributed by atoms with Crippen molar-refractivity contribution in [1.82, 2.24) is 9.80 Å². The van der Waals surface area contributed by atoms with E-state index in [1.807, 2.05) is 0 Å². The van der Waals surface area contributed by atoms with E-state index in [0.717, 1.165) is 4.90 Å². The number of carbonyl (C=O) groups excluding carboxylic acids is 4. The number of urea groups is 1. The number of hydrogen-bond acceptors (Lipinski definition) is 7. The number of imide groups is 2. The number of primary sulfonamides is 1. The summed E-state index contributed by atoms with van der Waals surface area (Å²) < 4.78 is 27.7. The number of rotatable bonds is 6. The van der Waals surface area contributed by atoms with Crippen LogP contribution < -0.4 is 10.0 Å². The highest BCUT2D eigenvalue weighted by molar-refractivity contribution is 7.89. The molecular formula is C16H18N4O7S. The summed E-state index contributed by atoms with van der Waals surface area (Å²) in [5.41, 5.74) is 1.08. The van der Waals surface area contributed by atoms with E-state index in [9.17, 15) is 27.6 Å². The zero-order valence-electron chi connectivity index (χ0n) is 15.0. The lowest BCUT2D eigenvalue weighted by Crippen LogP contribution is -2.43. The molecule has 2 N–H and O–H groups in total. The Balaban J connectivity index is 1.76. The SMILES string of the molecule is COCCN1C(=O)C(=O)N(CC(=O)N2CCc3cc(S(N)(=O)=O)ccc32)C1=O. The number of methoxy groups -OCH3 is 1. The van der Waals surface area contributed by atoms with Crippen LogP contribution in [0.1, 0.15) is 5.56 Å².